The Morgan fingerprint density at radius 2 is 1.59 bits per heavy atom. The van der Waals surface area contributed by atoms with E-state index in [1.165, 1.54) is 6.92 Å². The van der Waals surface area contributed by atoms with E-state index in [-0.39, 0.29) is 37.3 Å². The van der Waals surface area contributed by atoms with Gasteiger partial charge in [0.05, 0.1) is 5.92 Å². The molecule has 2 atom stereocenters. The third kappa shape index (κ3) is 5.58. The van der Waals surface area contributed by atoms with Crippen molar-refractivity contribution in [3.8, 4) is 11.1 Å². The van der Waals surface area contributed by atoms with E-state index < -0.39 is 23.5 Å². The molecular weight excluding hydrogens is 432 g/mol. The van der Waals surface area contributed by atoms with Crippen molar-refractivity contribution in [1.82, 2.24) is 10.6 Å². The number of carboxylic acids is 1. The number of carboxylic acid groups (broad SMARTS) is 1. The zero-order valence-corrected chi connectivity index (χ0v) is 20.3. The summed E-state index contributed by atoms with van der Waals surface area (Å²) in [7, 11) is 0. The summed E-state index contributed by atoms with van der Waals surface area (Å²) in [4.78, 5) is 37.0. The molecule has 0 fully saturated rings. The number of hydrogen-bond donors (Lipinski definition) is 3. The first-order valence-electron chi connectivity index (χ1n) is 11.8. The van der Waals surface area contributed by atoms with Gasteiger partial charge >= 0.3 is 12.1 Å². The van der Waals surface area contributed by atoms with Crippen LogP contribution >= 0.6 is 0 Å². The van der Waals surface area contributed by atoms with Crippen LogP contribution in [0.4, 0.5) is 4.79 Å². The van der Waals surface area contributed by atoms with Crippen molar-refractivity contribution in [3.05, 3.63) is 59.7 Å². The van der Waals surface area contributed by atoms with E-state index in [4.69, 9.17) is 4.74 Å². The number of hydrogen-bond acceptors (Lipinski definition) is 4. The monoisotopic (exact) mass is 466 g/mol. The van der Waals surface area contributed by atoms with Gasteiger partial charge in [0.1, 0.15) is 12.1 Å². The Balaban J connectivity index is 1.61. The van der Waals surface area contributed by atoms with Crippen LogP contribution in [0.25, 0.3) is 11.1 Å². The van der Waals surface area contributed by atoms with Gasteiger partial charge in [-0.25, -0.2) is 9.59 Å². The highest BCUT2D eigenvalue weighted by molar-refractivity contribution is 5.88. The number of amides is 2. The van der Waals surface area contributed by atoms with E-state index in [1.807, 2.05) is 38.1 Å². The molecule has 0 aliphatic heterocycles. The highest BCUT2D eigenvalue weighted by Gasteiger charge is 2.35. The first-order chi connectivity index (χ1) is 16.2. The summed E-state index contributed by atoms with van der Waals surface area (Å²) in [5, 5.41) is 14.8. The number of nitrogens with one attached hydrogen (secondary N) is 2. The SMILES string of the molecule is CCC(C)(NC(=O)C(CNC(=O)OCC1c2ccccc2-c2ccccc21)CC(C)C)C(=O)O. The van der Waals surface area contributed by atoms with Crippen LogP contribution in [-0.4, -0.2) is 41.8 Å². The summed E-state index contributed by atoms with van der Waals surface area (Å²) >= 11 is 0. The van der Waals surface area contributed by atoms with Crippen molar-refractivity contribution in [2.24, 2.45) is 11.8 Å². The van der Waals surface area contributed by atoms with Gasteiger partial charge in [-0.2, -0.15) is 0 Å². The summed E-state index contributed by atoms with van der Waals surface area (Å²) in [6, 6.07) is 16.2. The number of carbonyl (C=O) groups excluding carboxylic acids is 2. The standard InChI is InChI=1S/C27H34N2O5/c1-5-27(4,25(31)32)29-24(30)18(14-17(2)3)15-28-26(33)34-16-23-21-12-8-6-10-19(21)20-11-7-9-13-22(20)23/h6-13,17-18,23H,5,14-16H2,1-4H3,(H,28,33)(H,29,30)(H,31,32). The molecule has 1 aliphatic rings. The summed E-state index contributed by atoms with van der Waals surface area (Å²) in [5.41, 5.74) is 3.20. The van der Waals surface area contributed by atoms with Crippen molar-refractivity contribution in [1.29, 1.82) is 0 Å². The maximum Gasteiger partial charge on any atom is 0.407 e. The molecule has 2 amide bonds. The van der Waals surface area contributed by atoms with Gasteiger partial charge in [-0.15, -0.1) is 0 Å². The summed E-state index contributed by atoms with van der Waals surface area (Å²) in [6.45, 7) is 7.40. The lowest BCUT2D eigenvalue weighted by Gasteiger charge is -2.28. The molecule has 182 valence electrons. The maximum atomic E-state index is 12.8. The van der Waals surface area contributed by atoms with Crippen LogP contribution in [0.5, 0.6) is 0 Å². The predicted octanol–water partition coefficient (Wildman–Crippen LogP) is 4.56. The van der Waals surface area contributed by atoms with Crippen LogP contribution in [0.2, 0.25) is 0 Å². The molecule has 0 heterocycles. The summed E-state index contributed by atoms with van der Waals surface area (Å²) in [5.74, 6) is -1.90. The van der Waals surface area contributed by atoms with Crippen LogP contribution in [0, 0.1) is 11.8 Å². The van der Waals surface area contributed by atoms with Crippen molar-refractivity contribution in [2.45, 2.75) is 52.0 Å². The first kappa shape index (κ1) is 25.3. The van der Waals surface area contributed by atoms with Crippen LogP contribution < -0.4 is 10.6 Å². The molecule has 2 aromatic rings. The van der Waals surface area contributed by atoms with E-state index >= 15 is 0 Å². The number of benzene rings is 2. The quantitative estimate of drug-likeness (QED) is 0.476. The average Bonchev–Trinajstić information content (AvgIpc) is 3.13. The third-order valence-corrected chi connectivity index (χ3v) is 6.54. The second-order valence-corrected chi connectivity index (χ2v) is 9.51. The molecular formula is C27H34N2O5. The lowest BCUT2D eigenvalue weighted by molar-refractivity contribution is -0.147. The number of alkyl carbamates (subject to hydrolysis) is 1. The average molecular weight is 467 g/mol. The van der Waals surface area contributed by atoms with E-state index in [0.29, 0.717) is 6.42 Å². The Bertz CT molecular complexity index is 1010. The highest BCUT2D eigenvalue weighted by Crippen LogP contribution is 2.44. The molecule has 0 spiro atoms. The minimum Gasteiger partial charge on any atom is -0.480 e. The fraction of sp³-hybridized carbons (Fsp3) is 0.444. The van der Waals surface area contributed by atoms with Crippen molar-refractivity contribution < 1.29 is 24.2 Å². The van der Waals surface area contributed by atoms with E-state index in [2.05, 4.69) is 34.9 Å². The molecule has 1 aliphatic carbocycles. The van der Waals surface area contributed by atoms with Gasteiger partial charge in [-0.3, -0.25) is 4.79 Å². The van der Waals surface area contributed by atoms with Crippen LogP contribution in [0.3, 0.4) is 0 Å². The Kier molecular flexibility index (Phi) is 7.97. The van der Waals surface area contributed by atoms with E-state index in [9.17, 15) is 19.5 Å². The lowest BCUT2D eigenvalue weighted by Crippen LogP contribution is -2.54. The van der Waals surface area contributed by atoms with Gasteiger partial charge in [0.25, 0.3) is 0 Å². The zero-order valence-electron chi connectivity index (χ0n) is 20.3. The fourth-order valence-electron chi connectivity index (χ4n) is 4.38. The lowest BCUT2D eigenvalue weighted by atomic mass is 9.93. The Morgan fingerprint density at radius 3 is 2.09 bits per heavy atom. The molecule has 0 saturated heterocycles. The topological polar surface area (TPSA) is 105 Å². The normalized spacial score (nSPS) is 15.1. The van der Waals surface area contributed by atoms with Crippen molar-refractivity contribution in [2.75, 3.05) is 13.2 Å². The molecule has 0 saturated carbocycles. The van der Waals surface area contributed by atoms with Crippen LogP contribution in [0.1, 0.15) is 57.6 Å². The zero-order chi connectivity index (χ0) is 24.9. The van der Waals surface area contributed by atoms with Gasteiger partial charge < -0.3 is 20.5 Å². The molecule has 0 radical (unpaired) electrons. The third-order valence-electron chi connectivity index (χ3n) is 6.54. The largest absolute Gasteiger partial charge is 0.480 e. The van der Waals surface area contributed by atoms with E-state index in [1.54, 1.807) is 6.92 Å². The van der Waals surface area contributed by atoms with Crippen molar-refractivity contribution in [3.63, 3.8) is 0 Å². The number of aliphatic carboxylic acids is 1. The molecule has 0 aromatic heterocycles. The second kappa shape index (κ2) is 10.7. The Hall–Kier alpha value is -3.35. The molecule has 0 bridgehead atoms. The molecule has 2 unspecified atom stereocenters. The van der Waals surface area contributed by atoms with E-state index in [0.717, 1.165) is 22.3 Å². The molecule has 3 N–H and O–H groups in total. The smallest absolute Gasteiger partial charge is 0.407 e. The summed E-state index contributed by atoms with van der Waals surface area (Å²) in [6.07, 6.45) is 0.164. The molecule has 2 aromatic carbocycles. The van der Waals surface area contributed by atoms with Gasteiger partial charge in [0.15, 0.2) is 0 Å². The van der Waals surface area contributed by atoms with Gasteiger partial charge in [-0.1, -0.05) is 69.3 Å². The number of rotatable bonds is 10. The number of ether oxygens (including phenoxy) is 1. The van der Waals surface area contributed by atoms with Crippen LogP contribution in [0.15, 0.2) is 48.5 Å². The minimum atomic E-state index is -1.35. The fourth-order valence-corrected chi connectivity index (χ4v) is 4.38. The number of fused-ring (bicyclic) bond motifs is 3. The van der Waals surface area contributed by atoms with Gasteiger partial charge in [-0.05, 0) is 47.9 Å². The molecule has 34 heavy (non-hydrogen) atoms. The maximum absolute atomic E-state index is 12.8. The first-order valence-corrected chi connectivity index (χ1v) is 11.8. The number of carbonyl (C=O) groups is 3. The highest BCUT2D eigenvalue weighted by atomic mass is 16.5. The van der Waals surface area contributed by atoms with Crippen LogP contribution in [-0.2, 0) is 14.3 Å². The molecule has 7 heteroatoms. The van der Waals surface area contributed by atoms with Gasteiger partial charge in [0, 0.05) is 12.5 Å². The Morgan fingerprint density at radius 1 is 1.03 bits per heavy atom. The molecule has 7 nitrogen and oxygen atoms in total. The minimum absolute atomic E-state index is 0.0475. The predicted molar refractivity (Wildman–Crippen MR) is 130 cm³/mol. The molecule has 3 rings (SSSR count). The Labute approximate surface area is 200 Å². The second-order valence-electron chi connectivity index (χ2n) is 9.51. The van der Waals surface area contributed by atoms with Crippen molar-refractivity contribution >= 4 is 18.0 Å². The van der Waals surface area contributed by atoms with Gasteiger partial charge in [0.2, 0.25) is 5.91 Å². The summed E-state index contributed by atoms with van der Waals surface area (Å²) < 4.78 is 5.56.